The number of fused-ring (bicyclic) bond motifs is 1. The molecule has 0 fully saturated rings. The second kappa shape index (κ2) is 8.76. The van der Waals surface area contributed by atoms with Gasteiger partial charge in [0.1, 0.15) is 11.9 Å². The smallest absolute Gasteiger partial charge is 0.176 e. The number of ether oxygens (including phenoxy) is 2. The van der Waals surface area contributed by atoms with Gasteiger partial charge in [-0.3, -0.25) is 4.79 Å². The molecule has 2 rings (SSSR count). The summed E-state index contributed by atoms with van der Waals surface area (Å²) in [4.78, 5) is 12.2. The molecule has 5 nitrogen and oxygen atoms in total. The molecule has 1 aromatic carbocycles. The monoisotopic (exact) mass is 306 g/mol. The SMILES string of the molecule is CCOCCCNCC(=O)c1ccc2c(c1)NCC(CC)O2. The lowest BCUT2D eigenvalue weighted by Gasteiger charge is -2.26. The number of anilines is 1. The Morgan fingerprint density at radius 1 is 1.45 bits per heavy atom. The fraction of sp³-hybridized carbons (Fsp3) is 0.588. The molecule has 122 valence electrons. The van der Waals surface area contributed by atoms with Crippen molar-refractivity contribution in [2.45, 2.75) is 32.8 Å². The van der Waals surface area contributed by atoms with E-state index in [0.717, 1.165) is 50.6 Å². The number of hydrogen-bond donors (Lipinski definition) is 2. The highest BCUT2D eigenvalue weighted by Gasteiger charge is 2.18. The summed E-state index contributed by atoms with van der Waals surface area (Å²) in [5.41, 5.74) is 1.62. The topological polar surface area (TPSA) is 59.6 Å². The maximum Gasteiger partial charge on any atom is 0.176 e. The second-order valence-electron chi connectivity index (χ2n) is 5.39. The molecule has 2 N–H and O–H groups in total. The Morgan fingerprint density at radius 3 is 3.09 bits per heavy atom. The largest absolute Gasteiger partial charge is 0.486 e. The molecule has 0 amide bonds. The van der Waals surface area contributed by atoms with E-state index in [1.165, 1.54) is 0 Å². The van der Waals surface area contributed by atoms with Gasteiger partial charge in [0.2, 0.25) is 0 Å². The summed E-state index contributed by atoms with van der Waals surface area (Å²) in [7, 11) is 0. The molecule has 0 saturated heterocycles. The molecule has 0 aliphatic carbocycles. The van der Waals surface area contributed by atoms with E-state index in [4.69, 9.17) is 9.47 Å². The van der Waals surface area contributed by atoms with Crippen LogP contribution >= 0.6 is 0 Å². The summed E-state index contributed by atoms with van der Waals surface area (Å²) in [6.07, 6.45) is 2.10. The molecule has 0 saturated carbocycles. The van der Waals surface area contributed by atoms with Gasteiger partial charge in [0.15, 0.2) is 5.78 Å². The van der Waals surface area contributed by atoms with Gasteiger partial charge in [-0.1, -0.05) is 6.92 Å². The third-order valence-corrected chi connectivity index (χ3v) is 3.70. The first-order valence-corrected chi connectivity index (χ1v) is 8.10. The number of ketones is 1. The normalized spacial score (nSPS) is 16.5. The van der Waals surface area contributed by atoms with Gasteiger partial charge in [0.25, 0.3) is 0 Å². The number of nitrogens with one attached hydrogen (secondary N) is 2. The van der Waals surface area contributed by atoms with Crippen molar-refractivity contribution in [1.82, 2.24) is 5.32 Å². The number of hydrogen-bond acceptors (Lipinski definition) is 5. The lowest BCUT2D eigenvalue weighted by Crippen LogP contribution is -2.30. The minimum atomic E-state index is 0.0959. The Morgan fingerprint density at radius 2 is 2.32 bits per heavy atom. The minimum Gasteiger partial charge on any atom is -0.486 e. The lowest BCUT2D eigenvalue weighted by molar-refractivity contribution is 0.0988. The van der Waals surface area contributed by atoms with Crippen LogP contribution < -0.4 is 15.4 Å². The Kier molecular flexibility index (Phi) is 6.68. The summed E-state index contributed by atoms with van der Waals surface area (Å²) in [5, 5.41) is 6.49. The third kappa shape index (κ3) is 4.71. The van der Waals surface area contributed by atoms with Crippen LogP contribution in [0.15, 0.2) is 18.2 Å². The van der Waals surface area contributed by atoms with Crippen LogP contribution in [-0.4, -0.2) is 44.7 Å². The van der Waals surface area contributed by atoms with Gasteiger partial charge in [-0.05, 0) is 44.5 Å². The van der Waals surface area contributed by atoms with Crippen LogP contribution in [0.25, 0.3) is 0 Å². The highest BCUT2D eigenvalue weighted by atomic mass is 16.5. The molecular formula is C17H26N2O3. The summed E-state index contributed by atoms with van der Waals surface area (Å²) in [6, 6.07) is 5.60. The van der Waals surface area contributed by atoms with Gasteiger partial charge in [0.05, 0.1) is 18.8 Å². The predicted octanol–water partition coefficient (Wildman–Crippen LogP) is 2.47. The van der Waals surface area contributed by atoms with Crippen molar-refractivity contribution in [1.29, 1.82) is 0 Å². The number of carbonyl (C=O) groups excluding carboxylic acids is 1. The van der Waals surface area contributed by atoms with Crippen LogP contribution in [0.2, 0.25) is 0 Å². The molecule has 0 spiro atoms. The fourth-order valence-electron chi connectivity index (χ4n) is 2.36. The number of benzene rings is 1. The Hall–Kier alpha value is -1.59. The third-order valence-electron chi connectivity index (χ3n) is 3.70. The molecule has 0 radical (unpaired) electrons. The summed E-state index contributed by atoms with van der Waals surface area (Å²) >= 11 is 0. The van der Waals surface area contributed by atoms with Gasteiger partial charge >= 0.3 is 0 Å². The highest BCUT2D eigenvalue weighted by Crippen LogP contribution is 2.30. The molecular weight excluding hydrogens is 280 g/mol. The van der Waals surface area contributed by atoms with Crippen LogP contribution in [0.1, 0.15) is 37.0 Å². The number of Topliss-reactive ketones (excluding diaryl/α,β-unsaturated/α-hetero) is 1. The maximum atomic E-state index is 12.2. The van der Waals surface area contributed by atoms with Crippen molar-refractivity contribution < 1.29 is 14.3 Å². The van der Waals surface area contributed by atoms with Crippen LogP contribution in [0.3, 0.4) is 0 Å². The molecule has 1 aliphatic rings. The minimum absolute atomic E-state index is 0.0959. The first kappa shape index (κ1) is 16.8. The molecule has 1 atom stereocenters. The van der Waals surface area contributed by atoms with Crippen molar-refractivity contribution in [3.05, 3.63) is 23.8 Å². The second-order valence-corrected chi connectivity index (χ2v) is 5.39. The zero-order chi connectivity index (χ0) is 15.8. The van der Waals surface area contributed by atoms with E-state index in [1.807, 2.05) is 25.1 Å². The Balaban J connectivity index is 1.81. The van der Waals surface area contributed by atoms with Crippen LogP contribution in [-0.2, 0) is 4.74 Å². The van der Waals surface area contributed by atoms with Crippen molar-refractivity contribution >= 4 is 11.5 Å². The first-order chi connectivity index (χ1) is 10.7. The summed E-state index contributed by atoms with van der Waals surface area (Å²) < 4.78 is 11.1. The zero-order valence-corrected chi connectivity index (χ0v) is 13.5. The molecule has 22 heavy (non-hydrogen) atoms. The van der Waals surface area contributed by atoms with Crippen molar-refractivity contribution in [3.63, 3.8) is 0 Å². The zero-order valence-electron chi connectivity index (χ0n) is 13.5. The van der Waals surface area contributed by atoms with Gasteiger partial charge in [0, 0.05) is 18.8 Å². The average Bonchev–Trinajstić information content (AvgIpc) is 2.56. The number of rotatable bonds is 9. The average molecular weight is 306 g/mol. The molecule has 0 bridgehead atoms. The fourth-order valence-corrected chi connectivity index (χ4v) is 2.36. The van der Waals surface area contributed by atoms with Gasteiger partial charge in [-0.25, -0.2) is 0 Å². The van der Waals surface area contributed by atoms with Crippen molar-refractivity contribution in [2.75, 3.05) is 38.2 Å². The molecule has 1 aliphatic heterocycles. The quantitative estimate of drug-likeness (QED) is 0.542. The van der Waals surface area contributed by atoms with E-state index < -0.39 is 0 Å². The highest BCUT2D eigenvalue weighted by molar-refractivity contribution is 5.98. The van der Waals surface area contributed by atoms with E-state index >= 15 is 0 Å². The first-order valence-electron chi connectivity index (χ1n) is 8.10. The standard InChI is InChI=1S/C17H26N2O3/c1-3-14-11-19-15-10-13(6-7-17(15)22-14)16(20)12-18-8-5-9-21-4-2/h6-7,10,14,18-19H,3-5,8-9,11-12H2,1-2H3. The molecule has 1 heterocycles. The predicted molar refractivity (Wildman–Crippen MR) is 87.9 cm³/mol. The number of carbonyl (C=O) groups is 1. The molecule has 5 heteroatoms. The van der Waals surface area contributed by atoms with Crippen LogP contribution in [0, 0.1) is 0 Å². The van der Waals surface area contributed by atoms with Gasteiger partial charge < -0.3 is 20.1 Å². The van der Waals surface area contributed by atoms with Crippen LogP contribution in [0.4, 0.5) is 5.69 Å². The van der Waals surface area contributed by atoms with Gasteiger partial charge in [-0.2, -0.15) is 0 Å². The van der Waals surface area contributed by atoms with E-state index in [1.54, 1.807) is 0 Å². The van der Waals surface area contributed by atoms with E-state index in [-0.39, 0.29) is 11.9 Å². The van der Waals surface area contributed by atoms with E-state index in [2.05, 4.69) is 17.6 Å². The summed E-state index contributed by atoms with van der Waals surface area (Å²) in [5.74, 6) is 0.929. The Bertz CT molecular complexity index is 491. The molecule has 0 aromatic heterocycles. The summed E-state index contributed by atoms with van der Waals surface area (Å²) in [6.45, 7) is 7.48. The van der Waals surface area contributed by atoms with E-state index in [9.17, 15) is 4.79 Å². The maximum absolute atomic E-state index is 12.2. The van der Waals surface area contributed by atoms with Gasteiger partial charge in [-0.15, -0.1) is 0 Å². The molecule has 1 unspecified atom stereocenters. The van der Waals surface area contributed by atoms with Crippen molar-refractivity contribution in [2.24, 2.45) is 0 Å². The Labute approximate surface area is 132 Å². The lowest BCUT2D eigenvalue weighted by atomic mass is 10.1. The van der Waals surface area contributed by atoms with Crippen LogP contribution in [0.5, 0.6) is 5.75 Å². The van der Waals surface area contributed by atoms with E-state index in [0.29, 0.717) is 12.1 Å². The molecule has 1 aromatic rings. The van der Waals surface area contributed by atoms with Crippen molar-refractivity contribution in [3.8, 4) is 5.75 Å².